The molecule has 0 radical (unpaired) electrons. The maximum Gasteiger partial charge on any atom is 0.224 e. The fourth-order valence-electron chi connectivity index (χ4n) is 1.36. The third-order valence-electron chi connectivity index (χ3n) is 2.54. The van der Waals surface area contributed by atoms with Crippen LogP contribution in [0.15, 0.2) is 29.2 Å². The number of hydrogen-bond acceptors (Lipinski definition) is 2. The van der Waals surface area contributed by atoms with Crippen LogP contribution in [0.5, 0.6) is 0 Å². The molecule has 88 valence electrons. The standard InChI is InChI=1S/C13H19NOS/c1-4-10(2)14-13(15)9-11-5-7-12(16-3)8-6-11/h5-8,10H,4,9H2,1-3H3,(H,14,15). The predicted molar refractivity (Wildman–Crippen MR) is 69.8 cm³/mol. The minimum absolute atomic E-state index is 0.103. The highest BCUT2D eigenvalue weighted by molar-refractivity contribution is 7.98. The van der Waals surface area contributed by atoms with Gasteiger partial charge in [0.05, 0.1) is 6.42 Å². The summed E-state index contributed by atoms with van der Waals surface area (Å²) in [6.07, 6.45) is 3.49. The minimum atomic E-state index is 0.103. The van der Waals surface area contributed by atoms with Crippen LogP contribution in [0.3, 0.4) is 0 Å². The third-order valence-corrected chi connectivity index (χ3v) is 3.29. The van der Waals surface area contributed by atoms with Crippen LogP contribution in [-0.2, 0) is 11.2 Å². The Morgan fingerprint density at radius 3 is 2.50 bits per heavy atom. The molecule has 1 aromatic rings. The quantitative estimate of drug-likeness (QED) is 0.798. The Kier molecular flexibility index (Phi) is 5.39. The van der Waals surface area contributed by atoms with Gasteiger partial charge in [0.2, 0.25) is 5.91 Å². The van der Waals surface area contributed by atoms with E-state index >= 15 is 0 Å². The third kappa shape index (κ3) is 4.27. The molecule has 0 saturated heterocycles. The molecule has 1 rings (SSSR count). The van der Waals surface area contributed by atoms with E-state index < -0.39 is 0 Å². The normalized spacial score (nSPS) is 12.2. The van der Waals surface area contributed by atoms with Gasteiger partial charge in [-0.3, -0.25) is 4.79 Å². The molecule has 0 heterocycles. The van der Waals surface area contributed by atoms with Crippen molar-refractivity contribution >= 4 is 17.7 Å². The second-order valence-electron chi connectivity index (χ2n) is 3.90. The molecule has 0 fully saturated rings. The van der Waals surface area contributed by atoms with Crippen molar-refractivity contribution in [2.24, 2.45) is 0 Å². The molecule has 0 saturated carbocycles. The average Bonchev–Trinajstić information content (AvgIpc) is 2.29. The maximum absolute atomic E-state index is 11.6. The van der Waals surface area contributed by atoms with Crippen molar-refractivity contribution in [3.05, 3.63) is 29.8 Å². The molecule has 0 aliphatic carbocycles. The first kappa shape index (κ1) is 13.1. The second-order valence-corrected chi connectivity index (χ2v) is 4.78. The van der Waals surface area contributed by atoms with E-state index in [0.717, 1.165) is 12.0 Å². The Labute approximate surface area is 102 Å². The number of thioether (sulfide) groups is 1. The Hall–Kier alpha value is -0.960. The molecule has 3 heteroatoms. The Bertz CT molecular complexity index is 334. The molecule has 1 atom stereocenters. The molecule has 0 aromatic heterocycles. The summed E-state index contributed by atoms with van der Waals surface area (Å²) in [5.41, 5.74) is 1.07. The Morgan fingerprint density at radius 2 is 2.00 bits per heavy atom. The second kappa shape index (κ2) is 6.59. The van der Waals surface area contributed by atoms with E-state index in [1.165, 1.54) is 4.90 Å². The predicted octanol–water partition coefficient (Wildman–Crippen LogP) is 2.87. The molecule has 1 amide bonds. The Balaban J connectivity index is 2.49. The molecule has 0 bridgehead atoms. The molecule has 0 aliphatic heterocycles. The lowest BCUT2D eigenvalue weighted by atomic mass is 10.1. The molecule has 0 spiro atoms. The minimum Gasteiger partial charge on any atom is -0.353 e. The molecular weight excluding hydrogens is 218 g/mol. The van der Waals surface area contributed by atoms with E-state index in [9.17, 15) is 4.79 Å². The first-order valence-corrected chi connectivity index (χ1v) is 6.80. The summed E-state index contributed by atoms with van der Waals surface area (Å²) in [4.78, 5) is 12.8. The fraction of sp³-hybridized carbons (Fsp3) is 0.462. The van der Waals surface area contributed by atoms with Crippen molar-refractivity contribution in [2.45, 2.75) is 37.6 Å². The van der Waals surface area contributed by atoms with Crippen LogP contribution in [0.25, 0.3) is 0 Å². The van der Waals surface area contributed by atoms with Gasteiger partial charge in [0.15, 0.2) is 0 Å². The van der Waals surface area contributed by atoms with Crippen molar-refractivity contribution in [3.8, 4) is 0 Å². The summed E-state index contributed by atoms with van der Waals surface area (Å²) < 4.78 is 0. The van der Waals surface area contributed by atoms with Gasteiger partial charge in [0.1, 0.15) is 0 Å². The summed E-state index contributed by atoms with van der Waals surface area (Å²) in [5, 5.41) is 2.96. The highest BCUT2D eigenvalue weighted by atomic mass is 32.2. The summed E-state index contributed by atoms with van der Waals surface area (Å²) >= 11 is 1.71. The topological polar surface area (TPSA) is 29.1 Å². The van der Waals surface area contributed by atoms with Gasteiger partial charge in [0.25, 0.3) is 0 Å². The van der Waals surface area contributed by atoms with Gasteiger partial charge in [-0.15, -0.1) is 11.8 Å². The summed E-state index contributed by atoms with van der Waals surface area (Å²) in [6.45, 7) is 4.09. The van der Waals surface area contributed by atoms with Gasteiger partial charge >= 0.3 is 0 Å². The molecule has 16 heavy (non-hydrogen) atoms. The lowest BCUT2D eigenvalue weighted by molar-refractivity contribution is -0.121. The lowest BCUT2D eigenvalue weighted by Gasteiger charge is -2.11. The number of hydrogen-bond donors (Lipinski definition) is 1. The zero-order chi connectivity index (χ0) is 12.0. The van der Waals surface area contributed by atoms with E-state index in [1.807, 2.05) is 25.3 Å². The van der Waals surface area contributed by atoms with Crippen LogP contribution in [0.2, 0.25) is 0 Å². The molecule has 0 aliphatic rings. The van der Waals surface area contributed by atoms with Crippen LogP contribution in [0.1, 0.15) is 25.8 Å². The smallest absolute Gasteiger partial charge is 0.224 e. The molecule has 1 unspecified atom stereocenters. The zero-order valence-corrected chi connectivity index (χ0v) is 10.9. The monoisotopic (exact) mass is 237 g/mol. The van der Waals surface area contributed by atoms with Crippen molar-refractivity contribution < 1.29 is 4.79 Å². The van der Waals surface area contributed by atoms with Gasteiger partial charge in [-0.1, -0.05) is 19.1 Å². The largest absolute Gasteiger partial charge is 0.353 e. The zero-order valence-electron chi connectivity index (χ0n) is 10.1. The highest BCUT2D eigenvalue weighted by Crippen LogP contribution is 2.15. The maximum atomic E-state index is 11.6. The van der Waals surface area contributed by atoms with Crippen molar-refractivity contribution in [1.29, 1.82) is 0 Å². The number of rotatable bonds is 5. The van der Waals surface area contributed by atoms with E-state index in [1.54, 1.807) is 11.8 Å². The Morgan fingerprint density at radius 1 is 1.38 bits per heavy atom. The molecule has 1 N–H and O–H groups in total. The van der Waals surface area contributed by atoms with Crippen LogP contribution in [0.4, 0.5) is 0 Å². The van der Waals surface area contributed by atoms with Crippen LogP contribution >= 0.6 is 11.8 Å². The van der Waals surface area contributed by atoms with E-state index in [-0.39, 0.29) is 11.9 Å². The van der Waals surface area contributed by atoms with Crippen molar-refractivity contribution in [1.82, 2.24) is 5.32 Å². The van der Waals surface area contributed by atoms with Gasteiger partial charge in [-0.25, -0.2) is 0 Å². The summed E-state index contributed by atoms with van der Waals surface area (Å²) in [5.74, 6) is 0.103. The van der Waals surface area contributed by atoms with Crippen molar-refractivity contribution in [2.75, 3.05) is 6.26 Å². The molecule has 1 aromatic carbocycles. The number of amides is 1. The number of carbonyl (C=O) groups is 1. The van der Waals surface area contributed by atoms with Crippen LogP contribution in [-0.4, -0.2) is 18.2 Å². The summed E-state index contributed by atoms with van der Waals surface area (Å²) in [7, 11) is 0. The van der Waals surface area contributed by atoms with E-state index in [0.29, 0.717) is 6.42 Å². The molecular formula is C13H19NOS. The number of nitrogens with one attached hydrogen (secondary N) is 1. The summed E-state index contributed by atoms with van der Waals surface area (Å²) in [6, 6.07) is 8.40. The average molecular weight is 237 g/mol. The number of benzene rings is 1. The van der Waals surface area contributed by atoms with Crippen molar-refractivity contribution in [3.63, 3.8) is 0 Å². The van der Waals surface area contributed by atoms with Gasteiger partial charge in [-0.05, 0) is 37.3 Å². The van der Waals surface area contributed by atoms with E-state index in [4.69, 9.17) is 0 Å². The van der Waals surface area contributed by atoms with Crippen LogP contribution < -0.4 is 5.32 Å². The SMILES string of the molecule is CCC(C)NC(=O)Cc1ccc(SC)cc1. The first-order valence-electron chi connectivity index (χ1n) is 5.58. The van der Waals surface area contributed by atoms with Gasteiger partial charge < -0.3 is 5.32 Å². The highest BCUT2D eigenvalue weighted by Gasteiger charge is 2.06. The fourth-order valence-corrected chi connectivity index (χ4v) is 1.76. The van der Waals surface area contributed by atoms with Crippen LogP contribution in [0, 0.1) is 0 Å². The number of carbonyl (C=O) groups excluding carboxylic acids is 1. The van der Waals surface area contributed by atoms with E-state index in [2.05, 4.69) is 24.4 Å². The van der Waals surface area contributed by atoms with Gasteiger partial charge in [0, 0.05) is 10.9 Å². The lowest BCUT2D eigenvalue weighted by Crippen LogP contribution is -2.33. The molecule has 2 nitrogen and oxygen atoms in total. The van der Waals surface area contributed by atoms with Gasteiger partial charge in [-0.2, -0.15) is 0 Å². The first-order chi connectivity index (χ1) is 7.65.